The highest BCUT2D eigenvalue weighted by Gasteiger charge is 2.30. The Morgan fingerprint density at radius 1 is 0.909 bits per heavy atom. The highest BCUT2D eigenvalue weighted by atomic mass is 32.1. The van der Waals surface area contributed by atoms with E-state index in [4.69, 9.17) is 9.97 Å². The number of anilines is 1. The van der Waals surface area contributed by atoms with E-state index in [2.05, 4.69) is 4.90 Å². The summed E-state index contributed by atoms with van der Waals surface area (Å²) in [4.78, 5) is 15.5. The predicted molar refractivity (Wildman–Crippen MR) is 92.1 cm³/mol. The molecular weight excluding hydrogens is 290 g/mol. The molecule has 2 aliphatic carbocycles. The third-order valence-corrected chi connectivity index (χ3v) is 6.60. The van der Waals surface area contributed by atoms with Gasteiger partial charge < -0.3 is 4.90 Å². The minimum Gasteiger partial charge on any atom is -0.356 e. The molecule has 0 radical (unpaired) electrons. The Labute approximate surface area is 135 Å². The molecule has 1 saturated heterocycles. The first-order chi connectivity index (χ1) is 10.9. The van der Waals surface area contributed by atoms with Gasteiger partial charge in [-0.15, -0.1) is 11.3 Å². The zero-order valence-corrected chi connectivity index (χ0v) is 13.9. The lowest BCUT2D eigenvalue weighted by atomic mass is 10.1. The Balaban J connectivity index is 1.72. The fourth-order valence-corrected chi connectivity index (χ4v) is 5.28. The van der Waals surface area contributed by atoms with Crippen LogP contribution in [-0.2, 0) is 12.8 Å². The number of hydrogen-bond donors (Lipinski definition) is 0. The van der Waals surface area contributed by atoms with E-state index >= 15 is 0 Å². The van der Waals surface area contributed by atoms with Crippen molar-refractivity contribution in [3.63, 3.8) is 0 Å². The normalized spacial score (nSPS) is 22.1. The molecule has 0 bridgehead atoms. The van der Waals surface area contributed by atoms with Crippen molar-refractivity contribution in [2.45, 2.75) is 63.7 Å². The number of aryl methyl sites for hydroxylation is 2. The van der Waals surface area contributed by atoms with E-state index in [0.29, 0.717) is 5.92 Å². The Kier molecular flexibility index (Phi) is 3.14. The van der Waals surface area contributed by atoms with Crippen molar-refractivity contribution in [3.05, 3.63) is 16.3 Å². The fraction of sp³-hybridized carbons (Fsp3) is 0.667. The van der Waals surface area contributed by atoms with Crippen molar-refractivity contribution in [2.75, 3.05) is 18.0 Å². The van der Waals surface area contributed by atoms with Gasteiger partial charge in [-0.05, 0) is 56.9 Å². The Morgan fingerprint density at radius 3 is 2.55 bits per heavy atom. The smallest absolute Gasteiger partial charge is 0.141 e. The molecule has 5 rings (SSSR count). The number of aromatic nitrogens is 2. The van der Waals surface area contributed by atoms with E-state index in [1.165, 1.54) is 86.9 Å². The number of thiophene rings is 1. The van der Waals surface area contributed by atoms with Crippen LogP contribution in [0.5, 0.6) is 0 Å². The molecule has 0 unspecified atom stereocenters. The van der Waals surface area contributed by atoms with Crippen LogP contribution in [-0.4, -0.2) is 23.1 Å². The average molecular weight is 313 g/mol. The van der Waals surface area contributed by atoms with Crippen molar-refractivity contribution in [1.29, 1.82) is 0 Å². The topological polar surface area (TPSA) is 29.0 Å². The summed E-state index contributed by atoms with van der Waals surface area (Å²) in [5.41, 5.74) is 1.60. The molecule has 0 atom stereocenters. The first-order valence-corrected chi connectivity index (χ1v) is 9.79. The van der Waals surface area contributed by atoms with Crippen LogP contribution in [0, 0.1) is 0 Å². The van der Waals surface area contributed by atoms with E-state index in [9.17, 15) is 0 Å². The van der Waals surface area contributed by atoms with Gasteiger partial charge in [0.15, 0.2) is 0 Å². The van der Waals surface area contributed by atoms with Gasteiger partial charge in [-0.1, -0.05) is 6.42 Å². The molecule has 4 heteroatoms. The number of fused-ring (bicyclic) bond motifs is 3. The second-order valence-corrected chi connectivity index (χ2v) is 8.20. The van der Waals surface area contributed by atoms with Crippen LogP contribution in [0.25, 0.3) is 10.2 Å². The molecule has 2 aromatic rings. The molecule has 3 heterocycles. The van der Waals surface area contributed by atoms with Crippen molar-refractivity contribution in [3.8, 4) is 0 Å². The first-order valence-electron chi connectivity index (χ1n) is 8.97. The van der Waals surface area contributed by atoms with Crippen LogP contribution in [0.4, 0.5) is 5.82 Å². The Bertz CT molecular complexity index is 711. The standard InChI is InChI=1S/C18H23N3S/c1-2-6-13-14(7-3-1)22-18-15(13)17(21-10-4-5-11-21)19-16(20-18)12-8-9-12/h12H,1-11H2. The summed E-state index contributed by atoms with van der Waals surface area (Å²) in [5, 5.41) is 1.42. The molecule has 3 aliphatic rings. The third kappa shape index (κ3) is 2.15. The summed E-state index contributed by atoms with van der Waals surface area (Å²) >= 11 is 1.97. The van der Waals surface area contributed by atoms with E-state index in [0.717, 1.165) is 5.82 Å². The summed E-state index contributed by atoms with van der Waals surface area (Å²) in [6.45, 7) is 2.36. The first kappa shape index (κ1) is 13.3. The summed E-state index contributed by atoms with van der Waals surface area (Å²) in [6.07, 6.45) is 11.8. The second-order valence-electron chi connectivity index (χ2n) is 7.12. The maximum Gasteiger partial charge on any atom is 0.141 e. The van der Waals surface area contributed by atoms with Crippen molar-refractivity contribution < 1.29 is 0 Å². The van der Waals surface area contributed by atoms with Crippen molar-refractivity contribution in [2.24, 2.45) is 0 Å². The summed E-state index contributed by atoms with van der Waals surface area (Å²) in [6, 6.07) is 0. The van der Waals surface area contributed by atoms with E-state index in [1.807, 2.05) is 11.3 Å². The molecule has 0 aromatic carbocycles. The quantitative estimate of drug-likeness (QED) is 0.768. The summed E-state index contributed by atoms with van der Waals surface area (Å²) < 4.78 is 0. The van der Waals surface area contributed by atoms with Gasteiger partial charge in [-0.3, -0.25) is 0 Å². The van der Waals surface area contributed by atoms with Gasteiger partial charge in [0.05, 0.1) is 5.39 Å². The summed E-state index contributed by atoms with van der Waals surface area (Å²) in [5.74, 6) is 3.06. The predicted octanol–water partition coefficient (Wildman–Crippen LogP) is 4.44. The molecule has 2 fully saturated rings. The zero-order chi connectivity index (χ0) is 14.5. The van der Waals surface area contributed by atoms with Gasteiger partial charge in [0.2, 0.25) is 0 Å². The van der Waals surface area contributed by atoms with Gasteiger partial charge in [0.1, 0.15) is 16.5 Å². The molecule has 1 saturated carbocycles. The molecule has 116 valence electrons. The van der Waals surface area contributed by atoms with Gasteiger partial charge in [-0.25, -0.2) is 9.97 Å². The average Bonchev–Trinajstić information content (AvgIpc) is 3.20. The lowest BCUT2D eigenvalue weighted by Crippen LogP contribution is -2.20. The minimum absolute atomic E-state index is 0.646. The van der Waals surface area contributed by atoms with Crippen LogP contribution in [0.2, 0.25) is 0 Å². The van der Waals surface area contributed by atoms with E-state index in [-0.39, 0.29) is 0 Å². The maximum atomic E-state index is 5.08. The molecule has 0 amide bonds. The zero-order valence-electron chi connectivity index (χ0n) is 13.1. The monoisotopic (exact) mass is 313 g/mol. The molecule has 0 spiro atoms. The lowest BCUT2D eigenvalue weighted by Gasteiger charge is -2.19. The number of rotatable bonds is 2. The third-order valence-electron chi connectivity index (χ3n) is 5.41. The number of nitrogens with zero attached hydrogens (tertiary/aromatic N) is 3. The summed E-state index contributed by atoms with van der Waals surface area (Å²) in [7, 11) is 0. The van der Waals surface area contributed by atoms with Gasteiger partial charge >= 0.3 is 0 Å². The highest BCUT2D eigenvalue weighted by molar-refractivity contribution is 7.19. The van der Waals surface area contributed by atoms with Crippen molar-refractivity contribution in [1.82, 2.24) is 9.97 Å². The van der Waals surface area contributed by atoms with Crippen molar-refractivity contribution >= 4 is 27.4 Å². The maximum absolute atomic E-state index is 5.08. The largest absolute Gasteiger partial charge is 0.356 e. The Morgan fingerprint density at radius 2 is 1.73 bits per heavy atom. The van der Waals surface area contributed by atoms with Crippen LogP contribution in [0.1, 0.15) is 67.1 Å². The van der Waals surface area contributed by atoms with Gasteiger partial charge in [0, 0.05) is 23.9 Å². The fourth-order valence-electron chi connectivity index (χ4n) is 4.01. The van der Waals surface area contributed by atoms with Gasteiger partial charge in [0.25, 0.3) is 0 Å². The minimum atomic E-state index is 0.646. The molecule has 3 nitrogen and oxygen atoms in total. The molecular formula is C18H23N3S. The van der Waals surface area contributed by atoms with Crippen LogP contribution in [0.3, 0.4) is 0 Å². The number of hydrogen-bond acceptors (Lipinski definition) is 4. The van der Waals surface area contributed by atoms with E-state index < -0.39 is 0 Å². The van der Waals surface area contributed by atoms with E-state index in [1.54, 1.807) is 10.4 Å². The molecule has 22 heavy (non-hydrogen) atoms. The lowest BCUT2D eigenvalue weighted by molar-refractivity contribution is 0.713. The molecule has 2 aromatic heterocycles. The van der Waals surface area contributed by atoms with Crippen LogP contribution >= 0.6 is 11.3 Å². The second kappa shape index (κ2) is 5.19. The van der Waals surface area contributed by atoms with Crippen LogP contribution in [0.15, 0.2) is 0 Å². The molecule has 1 aliphatic heterocycles. The Hall–Kier alpha value is -1.16. The SMILES string of the molecule is C1CCc2sc3nc(C4CC4)nc(N4CCCC4)c3c2CC1. The van der Waals surface area contributed by atoms with Gasteiger partial charge in [-0.2, -0.15) is 0 Å². The molecule has 0 N–H and O–H groups in total. The highest BCUT2D eigenvalue weighted by Crippen LogP contribution is 2.44. The van der Waals surface area contributed by atoms with Crippen LogP contribution < -0.4 is 4.90 Å².